The standard InChI is InChI=1S/C22H27N3O/c26-23-17-19-7-5-18(6-8-19)9-13-24-14-11-21(12-15-24)25-16-10-20-3-1-2-4-22(20)25/h1-8,21H,9-17H2. The van der Waals surface area contributed by atoms with Gasteiger partial charge in [-0.3, -0.25) is 0 Å². The number of hydrogen-bond donors (Lipinski definition) is 0. The second-order valence-corrected chi connectivity index (χ2v) is 7.50. The van der Waals surface area contributed by atoms with Crippen molar-refractivity contribution in [3.05, 3.63) is 70.1 Å². The van der Waals surface area contributed by atoms with E-state index in [1.165, 1.54) is 55.7 Å². The predicted molar refractivity (Wildman–Crippen MR) is 107 cm³/mol. The number of benzene rings is 2. The van der Waals surface area contributed by atoms with Gasteiger partial charge in [0.25, 0.3) is 0 Å². The van der Waals surface area contributed by atoms with Crippen LogP contribution in [0.5, 0.6) is 0 Å². The molecule has 0 amide bonds. The van der Waals surface area contributed by atoms with Crippen molar-refractivity contribution in [2.75, 3.05) is 31.1 Å². The quantitative estimate of drug-likeness (QED) is 0.739. The van der Waals surface area contributed by atoms with Crippen LogP contribution in [0.1, 0.15) is 29.5 Å². The summed E-state index contributed by atoms with van der Waals surface area (Å²) in [5.74, 6) is 0. The van der Waals surface area contributed by atoms with Crippen molar-refractivity contribution in [3.63, 3.8) is 0 Å². The molecule has 4 heteroatoms. The van der Waals surface area contributed by atoms with Crippen LogP contribution in [0.3, 0.4) is 0 Å². The first-order valence-corrected chi connectivity index (χ1v) is 9.77. The van der Waals surface area contributed by atoms with E-state index in [1.54, 1.807) is 0 Å². The van der Waals surface area contributed by atoms with Crippen LogP contribution < -0.4 is 4.90 Å². The zero-order valence-electron chi connectivity index (χ0n) is 15.3. The fourth-order valence-corrected chi connectivity index (χ4v) is 4.37. The highest BCUT2D eigenvalue weighted by Gasteiger charge is 2.28. The summed E-state index contributed by atoms with van der Waals surface area (Å²) in [7, 11) is 0. The number of anilines is 1. The maximum absolute atomic E-state index is 10.3. The van der Waals surface area contributed by atoms with Crippen LogP contribution >= 0.6 is 0 Å². The van der Waals surface area contributed by atoms with E-state index in [4.69, 9.17) is 0 Å². The monoisotopic (exact) mass is 349 g/mol. The Morgan fingerprint density at radius 2 is 1.65 bits per heavy atom. The summed E-state index contributed by atoms with van der Waals surface area (Å²) in [6, 6.07) is 17.9. The van der Waals surface area contributed by atoms with Crippen LogP contribution in [0.2, 0.25) is 0 Å². The third kappa shape index (κ3) is 3.80. The summed E-state index contributed by atoms with van der Waals surface area (Å²) >= 11 is 0. The van der Waals surface area contributed by atoms with Crippen molar-refractivity contribution in [2.45, 2.75) is 38.3 Å². The average Bonchev–Trinajstić information content (AvgIpc) is 3.12. The van der Waals surface area contributed by atoms with Gasteiger partial charge in [-0.15, -0.1) is 0 Å². The number of para-hydroxylation sites is 1. The van der Waals surface area contributed by atoms with Gasteiger partial charge < -0.3 is 9.80 Å². The lowest BCUT2D eigenvalue weighted by atomic mass is 10.0. The van der Waals surface area contributed by atoms with E-state index in [9.17, 15) is 4.91 Å². The van der Waals surface area contributed by atoms with Crippen LogP contribution in [-0.2, 0) is 19.4 Å². The van der Waals surface area contributed by atoms with E-state index in [0.717, 1.165) is 18.5 Å². The average molecular weight is 349 g/mol. The number of fused-ring (bicyclic) bond motifs is 1. The molecule has 2 aromatic rings. The molecular formula is C22H27N3O. The minimum absolute atomic E-state index is 0.271. The summed E-state index contributed by atoms with van der Waals surface area (Å²) in [5.41, 5.74) is 5.32. The molecule has 0 aliphatic carbocycles. The molecule has 0 bridgehead atoms. The minimum atomic E-state index is 0.271. The molecule has 4 rings (SSSR count). The summed E-state index contributed by atoms with van der Waals surface area (Å²) in [4.78, 5) is 15.6. The van der Waals surface area contributed by atoms with Crippen LogP contribution in [-0.4, -0.2) is 37.1 Å². The Morgan fingerprint density at radius 3 is 2.42 bits per heavy atom. The molecular weight excluding hydrogens is 322 g/mol. The normalized spacial score (nSPS) is 18.1. The molecule has 0 spiro atoms. The molecule has 4 nitrogen and oxygen atoms in total. The van der Waals surface area contributed by atoms with E-state index >= 15 is 0 Å². The molecule has 26 heavy (non-hydrogen) atoms. The van der Waals surface area contributed by atoms with Crippen molar-refractivity contribution in [2.24, 2.45) is 5.18 Å². The first kappa shape index (κ1) is 17.2. The van der Waals surface area contributed by atoms with Crippen molar-refractivity contribution in [3.8, 4) is 0 Å². The van der Waals surface area contributed by atoms with E-state index in [0.29, 0.717) is 6.04 Å². The summed E-state index contributed by atoms with van der Waals surface area (Å²) in [6.45, 7) is 4.96. The van der Waals surface area contributed by atoms with Gasteiger partial charge in [0.1, 0.15) is 6.54 Å². The molecule has 0 aromatic heterocycles. The molecule has 2 heterocycles. The van der Waals surface area contributed by atoms with Gasteiger partial charge in [0.05, 0.1) is 0 Å². The van der Waals surface area contributed by atoms with Crippen molar-refractivity contribution in [1.82, 2.24) is 4.90 Å². The lowest BCUT2D eigenvalue weighted by Crippen LogP contribution is -2.44. The van der Waals surface area contributed by atoms with Crippen LogP contribution in [0, 0.1) is 4.91 Å². The van der Waals surface area contributed by atoms with Crippen molar-refractivity contribution >= 4 is 5.69 Å². The highest BCUT2D eigenvalue weighted by Crippen LogP contribution is 2.32. The maximum Gasteiger partial charge on any atom is 0.106 e. The molecule has 0 atom stereocenters. The fourth-order valence-electron chi connectivity index (χ4n) is 4.37. The van der Waals surface area contributed by atoms with Crippen molar-refractivity contribution in [1.29, 1.82) is 0 Å². The number of nitrogens with zero attached hydrogens (tertiary/aromatic N) is 3. The third-order valence-electron chi connectivity index (χ3n) is 5.91. The number of nitroso groups, excluding NO2 is 1. The molecule has 0 radical (unpaired) electrons. The molecule has 1 fully saturated rings. The Bertz CT molecular complexity index is 735. The predicted octanol–water partition coefficient (Wildman–Crippen LogP) is 4.02. The van der Waals surface area contributed by atoms with Gasteiger partial charge in [-0.25, -0.2) is 0 Å². The van der Waals surface area contributed by atoms with Gasteiger partial charge in [-0.2, -0.15) is 4.91 Å². The zero-order chi connectivity index (χ0) is 17.8. The Hall–Kier alpha value is -2.20. The van der Waals surface area contributed by atoms with Crippen LogP contribution in [0.4, 0.5) is 5.69 Å². The third-order valence-corrected chi connectivity index (χ3v) is 5.91. The highest BCUT2D eigenvalue weighted by molar-refractivity contribution is 5.58. The number of rotatable bonds is 6. The van der Waals surface area contributed by atoms with Gasteiger partial charge in [0.2, 0.25) is 0 Å². The second-order valence-electron chi connectivity index (χ2n) is 7.50. The highest BCUT2D eigenvalue weighted by atomic mass is 16.3. The van der Waals surface area contributed by atoms with E-state index in [1.807, 2.05) is 12.1 Å². The largest absolute Gasteiger partial charge is 0.368 e. The lowest BCUT2D eigenvalue weighted by molar-refractivity contribution is 0.212. The summed E-state index contributed by atoms with van der Waals surface area (Å²) in [5, 5.41) is 2.95. The molecule has 2 aromatic carbocycles. The zero-order valence-corrected chi connectivity index (χ0v) is 15.3. The molecule has 2 aliphatic rings. The Morgan fingerprint density at radius 1 is 0.923 bits per heavy atom. The van der Waals surface area contributed by atoms with Gasteiger partial charge >= 0.3 is 0 Å². The fraction of sp³-hybridized carbons (Fsp3) is 0.455. The van der Waals surface area contributed by atoms with Crippen LogP contribution in [0.25, 0.3) is 0 Å². The van der Waals surface area contributed by atoms with E-state index < -0.39 is 0 Å². The van der Waals surface area contributed by atoms with Gasteiger partial charge in [-0.1, -0.05) is 47.6 Å². The van der Waals surface area contributed by atoms with E-state index in [-0.39, 0.29) is 6.54 Å². The minimum Gasteiger partial charge on any atom is -0.368 e. The summed E-state index contributed by atoms with van der Waals surface area (Å²) in [6.07, 6.45) is 4.80. The molecule has 0 saturated carbocycles. The number of piperidine rings is 1. The SMILES string of the molecule is O=NCc1ccc(CCN2CCC(N3CCc4ccccc43)CC2)cc1. The van der Waals surface area contributed by atoms with E-state index in [2.05, 4.69) is 51.4 Å². The smallest absolute Gasteiger partial charge is 0.106 e. The topological polar surface area (TPSA) is 35.9 Å². The first-order valence-electron chi connectivity index (χ1n) is 9.77. The number of likely N-dealkylation sites (tertiary alicyclic amines) is 1. The van der Waals surface area contributed by atoms with Gasteiger partial charge in [0, 0.05) is 37.9 Å². The maximum atomic E-state index is 10.3. The lowest BCUT2D eigenvalue weighted by Gasteiger charge is -2.38. The molecule has 0 unspecified atom stereocenters. The van der Waals surface area contributed by atoms with Gasteiger partial charge in [0.15, 0.2) is 0 Å². The molecule has 0 N–H and O–H groups in total. The molecule has 2 aliphatic heterocycles. The van der Waals surface area contributed by atoms with Crippen LogP contribution in [0.15, 0.2) is 53.7 Å². The Balaban J connectivity index is 1.26. The van der Waals surface area contributed by atoms with Gasteiger partial charge in [-0.05, 0) is 48.4 Å². The summed E-state index contributed by atoms with van der Waals surface area (Å²) < 4.78 is 0. The number of hydrogen-bond acceptors (Lipinski definition) is 4. The second kappa shape index (κ2) is 8.00. The Labute approximate surface area is 155 Å². The molecule has 136 valence electrons. The molecule has 1 saturated heterocycles. The Kier molecular flexibility index (Phi) is 5.30. The first-order chi connectivity index (χ1) is 12.8. The van der Waals surface area contributed by atoms with Crippen molar-refractivity contribution < 1.29 is 0 Å².